The van der Waals surface area contributed by atoms with Crippen LogP contribution in [0.4, 0.5) is 5.00 Å². The lowest BCUT2D eigenvalue weighted by molar-refractivity contribution is -0.119. The van der Waals surface area contributed by atoms with Gasteiger partial charge >= 0.3 is 0 Å². The minimum Gasteiger partial charge on any atom is -0.366 e. The van der Waals surface area contributed by atoms with Crippen LogP contribution in [0.5, 0.6) is 0 Å². The predicted molar refractivity (Wildman–Crippen MR) is 88.9 cm³/mol. The molecule has 1 aliphatic carbocycles. The van der Waals surface area contributed by atoms with Crippen molar-refractivity contribution < 1.29 is 9.59 Å². The van der Waals surface area contributed by atoms with Crippen molar-refractivity contribution in [1.82, 2.24) is 0 Å². The van der Waals surface area contributed by atoms with E-state index in [1.54, 1.807) is 6.07 Å². The minimum absolute atomic E-state index is 0.00135. The highest BCUT2D eigenvalue weighted by Gasteiger charge is 2.25. The molecule has 5 heteroatoms. The minimum atomic E-state index is -0.514. The van der Waals surface area contributed by atoms with Gasteiger partial charge in [0.1, 0.15) is 5.00 Å². The summed E-state index contributed by atoms with van der Waals surface area (Å²) in [6.45, 7) is 0. The van der Waals surface area contributed by atoms with Gasteiger partial charge in [-0.1, -0.05) is 43.2 Å². The van der Waals surface area contributed by atoms with Crippen molar-refractivity contribution in [2.75, 3.05) is 5.32 Å². The van der Waals surface area contributed by atoms with Gasteiger partial charge in [0.05, 0.1) is 5.56 Å². The normalized spacial score (nSPS) is 14.9. The Bertz CT molecular complexity index is 688. The number of anilines is 1. The Kier molecular flexibility index (Phi) is 4.24. The first-order valence-corrected chi connectivity index (χ1v) is 8.26. The Morgan fingerprint density at radius 1 is 1.14 bits per heavy atom. The molecule has 1 saturated carbocycles. The summed E-state index contributed by atoms with van der Waals surface area (Å²) in [5.74, 6) is -0.454. The molecule has 3 rings (SSSR count). The molecule has 1 aliphatic rings. The number of nitrogens with one attached hydrogen (secondary N) is 1. The topological polar surface area (TPSA) is 72.2 Å². The van der Waals surface area contributed by atoms with Crippen LogP contribution >= 0.6 is 11.3 Å². The lowest BCUT2D eigenvalue weighted by Gasteiger charge is -2.09. The molecule has 2 aromatic rings. The van der Waals surface area contributed by atoms with E-state index in [4.69, 9.17) is 5.73 Å². The van der Waals surface area contributed by atoms with Crippen LogP contribution in [0.2, 0.25) is 0 Å². The number of amides is 2. The van der Waals surface area contributed by atoms with E-state index in [0.29, 0.717) is 10.6 Å². The average Bonchev–Trinajstić information content (AvgIpc) is 3.17. The molecule has 1 fully saturated rings. The molecule has 1 aromatic carbocycles. The van der Waals surface area contributed by atoms with E-state index in [9.17, 15) is 9.59 Å². The number of nitrogens with two attached hydrogens (primary N) is 1. The highest BCUT2D eigenvalue weighted by atomic mass is 32.1. The molecule has 0 radical (unpaired) electrons. The third-order valence-corrected chi connectivity index (χ3v) is 5.12. The summed E-state index contributed by atoms with van der Waals surface area (Å²) in [6.07, 6.45) is 4.05. The first-order valence-electron chi connectivity index (χ1n) is 7.45. The van der Waals surface area contributed by atoms with Crippen LogP contribution in [0.3, 0.4) is 0 Å². The highest BCUT2D eigenvalue weighted by molar-refractivity contribution is 7.20. The molecule has 4 nitrogen and oxygen atoms in total. The number of hydrogen-bond acceptors (Lipinski definition) is 3. The zero-order valence-corrected chi connectivity index (χ0v) is 13.0. The van der Waals surface area contributed by atoms with Crippen LogP contribution in [0, 0.1) is 5.92 Å². The molecular formula is C17H18N2O2S. The van der Waals surface area contributed by atoms with E-state index >= 15 is 0 Å². The average molecular weight is 314 g/mol. The molecule has 0 saturated heterocycles. The SMILES string of the molecule is NC(=O)c1cc(-c2ccccc2)sc1NC(=O)C1CCCC1. The maximum absolute atomic E-state index is 12.3. The van der Waals surface area contributed by atoms with Crippen molar-refractivity contribution in [2.24, 2.45) is 11.7 Å². The van der Waals surface area contributed by atoms with Crippen molar-refractivity contribution in [3.8, 4) is 10.4 Å². The van der Waals surface area contributed by atoms with Crippen molar-refractivity contribution in [3.05, 3.63) is 42.0 Å². The molecule has 1 aromatic heterocycles. The van der Waals surface area contributed by atoms with Crippen molar-refractivity contribution >= 4 is 28.2 Å². The molecule has 0 aliphatic heterocycles. The zero-order valence-electron chi connectivity index (χ0n) is 12.2. The Labute approximate surface area is 133 Å². The Hall–Kier alpha value is -2.14. The van der Waals surface area contributed by atoms with Gasteiger partial charge in [0.25, 0.3) is 5.91 Å². The van der Waals surface area contributed by atoms with E-state index in [1.807, 2.05) is 30.3 Å². The maximum atomic E-state index is 12.3. The molecule has 3 N–H and O–H groups in total. The monoisotopic (exact) mass is 314 g/mol. The molecule has 0 unspecified atom stereocenters. The van der Waals surface area contributed by atoms with Crippen LogP contribution in [-0.4, -0.2) is 11.8 Å². The van der Waals surface area contributed by atoms with Gasteiger partial charge in [0, 0.05) is 10.8 Å². The summed E-state index contributed by atoms with van der Waals surface area (Å²) >= 11 is 1.40. The molecular weight excluding hydrogens is 296 g/mol. The molecule has 0 spiro atoms. The lowest BCUT2D eigenvalue weighted by atomic mass is 10.1. The number of carbonyl (C=O) groups is 2. The molecule has 2 amide bonds. The number of carbonyl (C=O) groups excluding carboxylic acids is 2. The van der Waals surface area contributed by atoms with Crippen molar-refractivity contribution in [2.45, 2.75) is 25.7 Å². The van der Waals surface area contributed by atoms with Crippen LogP contribution in [-0.2, 0) is 4.79 Å². The molecule has 1 heterocycles. The second-order valence-electron chi connectivity index (χ2n) is 5.55. The van der Waals surface area contributed by atoms with E-state index in [0.717, 1.165) is 36.1 Å². The lowest BCUT2D eigenvalue weighted by Crippen LogP contribution is -2.21. The number of hydrogen-bond donors (Lipinski definition) is 2. The van der Waals surface area contributed by atoms with Gasteiger partial charge in [-0.3, -0.25) is 9.59 Å². The highest BCUT2D eigenvalue weighted by Crippen LogP contribution is 2.36. The predicted octanol–water partition coefficient (Wildman–Crippen LogP) is 3.64. The molecule has 0 atom stereocenters. The summed E-state index contributed by atoms with van der Waals surface area (Å²) in [7, 11) is 0. The first-order chi connectivity index (χ1) is 10.6. The fourth-order valence-corrected chi connectivity index (χ4v) is 3.89. The quantitative estimate of drug-likeness (QED) is 0.904. The second-order valence-corrected chi connectivity index (χ2v) is 6.61. The van der Waals surface area contributed by atoms with Crippen LogP contribution < -0.4 is 11.1 Å². The van der Waals surface area contributed by atoms with Gasteiger partial charge in [-0.05, 0) is 24.5 Å². The van der Waals surface area contributed by atoms with Gasteiger partial charge in [0.15, 0.2) is 0 Å². The Morgan fingerprint density at radius 2 is 1.82 bits per heavy atom. The summed E-state index contributed by atoms with van der Waals surface area (Å²) in [5, 5.41) is 3.46. The molecule has 22 heavy (non-hydrogen) atoms. The fraction of sp³-hybridized carbons (Fsp3) is 0.294. The van der Waals surface area contributed by atoms with Gasteiger partial charge < -0.3 is 11.1 Å². The third-order valence-electron chi connectivity index (χ3n) is 4.02. The Morgan fingerprint density at radius 3 is 2.45 bits per heavy atom. The van der Waals surface area contributed by atoms with E-state index < -0.39 is 5.91 Å². The second kappa shape index (κ2) is 6.32. The van der Waals surface area contributed by atoms with Crippen molar-refractivity contribution in [3.63, 3.8) is 0 Å². The Balaban J connectivity index is 1.87. The standard InChI is InChI=1S/C17H18N2O2S/c18-15(20)13-10-14(11-6-2-1-3-7-11)22-17(13)19-16(21)12-8-4-5-9-12/h1-3,6-7,10,12H,4-5,8-9H2,(H2,18,20)(H,19,21). The van der Waals surface area contributed by atoms with E-state index in [2.05, 4.69) is 5.32 Å². The fourth-order valence-electron chi connectivity index (χ4n) is 2.81. The van der Waals surface area contributed by atoms with Gasteiger partial charge in [0.2, 0.25) is 5.91 Å². The summed E-state index contributed by atoms with van der Waals surface area (Å²) in [6, 6.07) is 11.5. The maximum Gasteiger partial charge on any atom is 0.251 e. The summed E-state index contributed by atoms with van der Waals surface area (Å²) in [4.78, 5) is 24.9. The largest absolute Gasteiger partial charge is 0.366 e. The van der Waals surface area contributed by atoms with Crippen LogP contribution in [0.25, 0.3) is 10.4 Å². The smallest absolute Gasteiger partial charge is 0.251 e. The van der Waals surface area contributed by atoms with Gasteiger partial charge in [-0.15, -0.1) is 11.3 Å². The number of rotatable bonds is 4. The summed E-state index contributed by atoms with van der Waals surface area (Å²) < 4.78 is 0. The number of primary amides is 1. The zero-order chi connectivity index (χ0) is 15.5. The number of thiophene rings is 1. The third kappa shape index (κ3) is 3.04. The van der Waals surface area contributed by atoms with Crippen LogP contribution in [0.1, 0.15) is 36.0 Å². The first kappa shape index (κ1) is 14.8. The van der Waals surface area contributed by atoms with Crippen molar-refractivity contribution in [1.29, 1.82) is 0 Å². The van der Waals surface area contributed by atoms with E-state index in [-0.39, 0.29) is 11.8 Å². The molecule has 114 valence electrons. The van der Waals surface area contributed by atoms with Crippen LogP contribution in [0.15, 0.2) is 36.4 Å². The van der Waals surface area contributed by atoms with Gasteiger partial charge in [-0.25, -0.2) is 0 Å². The molecule has 0 bridgehead atoms. The summed E-state index contributed by atoms with van der Waals surface area (Å²) in [5.41, 5.74) is 6.85. The van der Waals surface area contributed by atoms with Gasteiger partial charge in [-0.2, -0.15) is 0 Å². The number of benzene rings is 1. The van der Waals surface area contributed by atoms with E-state index in [1.165, 1.54) is 11.3 Å².